The zero-order valence-corrected chi connectivity index (χ0v) is 12.0. The molecule has 0 aromatic carbocycles. The van der Waals surface area contributed by atoms with Crippen LogP contribution in [0.4, 0.5) is 0 Å². The number of aromatic nitrogens is 1. The van der Waals surface area contributed by atoms with E-state index in [1.165, 1.54) is 16.8 Å². The molecule has 2 N–H and O–H groups in total. The lowest BCUT2D eigenvalue weighted by Gasteiger charge is -2.22. The minimum Gasteiger partial charge on any atom is -0.481 e. The highest BCUT2D eigenvalue weighted by molar-refractivity contribution is 5.94. The van der Waals surface area contributed by atoms with Crippen LogP contribution in [0.3, 0.4) is 0 Å². The molecular formula is C15H20N2O4. The summed E-state index contributed by atoms with van der Waals surface area (Å²) in [6, 6.07) is 2.45. The number of carbonyl (C=O) groups excluding carboxylic acids is 1. The van der Waals surface area contributed by atoms with Crippen LogP contribution < -0.4 is 10.9 Å². The molecule has 1 aliphatic carbocycles. The predicted octanol–water partition coefficient (Wildman–Crippen LogP) is 1.15. The van der Waals surface area contributed by atoms with E-state index in [0.717, 1.165) is 19.3 Å². The van der Waals surface area contributed by atoms with Crippen LogP contribution in [0, 0.1) is 5.92 Å². The summed E-state index contributed by atoms with van der Waals surface area (Å²) in [5, 5.41) is 12.1. The maximum Gasteiger partial charge on any atom is 0.308 e. The quantitative estimate of drug-likeness (QED) is 0.818. The van der Waals surface area contributed by atoms with Crippen molar-refractivity contribution in [2.75, 3.05) is 0 Å². The third-order valence-corrected chi connectivity index (χ3v) is 4.02. The Labute approximate surface area is 122 Å². The van der Waals surface area contributed by atoms with Crippen LogP contribution in [-0.2, 0) is 11.8 Å². The van der Waals surface area contributed by atoms with Gasteiger partial charge in [0.05, 0.1) is 5.92 Å². The molecule has 1 saturated carbocycles. The number of aliphatic carboxylic acids is 1. The standard InChI is InChI=1S/C15H20N2O4/c1-17-8-7-10(9-13(17)18)14(19)16-12-6-4-2-3-5-11(12)15(20)21/h7-9,11-12H,2-6H2,1H3,(H,16,19)(H,20,21). The zero-order valence-electron chi connectivity index (χ0n) is 12.0. The first kappa shape index (κ1) is 15.3. The van der Waals surface area contributed by atoms with Gasteiger partial charge in [-0.15, -0.1) is 0 Å². The van der Waals surface area contributed by atoms with Gasteiger partial charge < -0.3 is 15.0 Å². The molecule has 1 heterocycles. The van der Waals surface area contributed by atoms with Crippen molar-refractivity contribution in [2.24, 2.45) is 13.0 Å². The highest BCUT2D eigenvalue weighted by Crippen LogP contribution is 2.24. The number of rotatable bonds is 3. The molecule has 114 valence electrons. The average Bonchev–Trinajstić information content (AvgIpc) is 2.67. The van der Waals surface area contributed by atoms with Gasteiger partial charge in [0.2, 0.25) is 0 Å². The van der Waals surface area contributed by atoms with E-state index in [-0.39, 0.29) is 23.1 Å². The Kier molecular flexibility index (Phi) is 4.77. The molecule has 21 heavy (non-hydrogen) atoms. The number of amides is 1. The molecule has 1 amide bonds. The van der Waals surface area contributed by atoms with Gasteiger partial charge >= 0.3 is 5.97 Å². The molecule has 0 aliphatic heterocycles. The molecule has 0 spiro atoms. The van der Waals surface area contributed by atoms with Gasteiger partial charge in [-0.2, -0.15) is 0 Å². The largest absolute Gasteiger partial charge is 0.481 e. The number of nitrogens with zero attached hydrogens (tertiary/aromatic N) is 1. The van der Waals surface area contributed by atoms with Gasteiger partial charge in [-0.25, -0.2) is 0 Å². The molecule has 2 atom stereocenters. The number of hydrogen-bond acceptors (Lipinski definition) is 3. The van der Waals surface area contributed by atoms with Crippen molar-refractivity contribution in [1.82, 2.24) is 9.88 Å². The summed E-state index contributed by atoms with van der Waals surface area (Å²) >= 11 is 0. The third-order valence-electron chi connectivity index (χ3n) is 4.02. The van der Waals surface area contributed by atoms with Gasteiger partial charge in [-0.1, -0.05) is 19.3 Å². The Bertz CT molecular complexity index is 594. The van der Waals surface area contributed by atoms with Crippen molar-refractivity contribution < 1.29 is 14.7 Å². The lowest BCUT2D eigenvalue weighted by atomic mass is 9.94. The van der Waals surface area contributed by atoms with Gasteiger partial charge in [0.25, 0.3) is 11.5 Å². The molecule has 1 aromatic rings. The second-order valence-electron chi connectivity index (χ2n) is 5.53. The van der Waals surface area contributed by atoms with Gasteiger partial charge in [-0.05, 0) is 18.9 Å². The maximum absolute atomic E-state index is 12.2. The van der Waals surface area contributed by atoms with Crippen LogP contribution in [0.15, 0.2) is 23.1 Å². The fourth-order valence-electron chi connectivity index (χ4n) is 2.72. The molecule has 0 saturated heterocycles. The highest BCUT2D eigenvalue weighted by atomic mass is 16.4. The molecule has 6 nitrogen and oxygen atoms in total. The number of carboxylic acids is 1. The third kappa shape index (κ3) is 3.71. The lowest BCUT2D eigenvalue weighted by Crippen LogP contribution is -2.43. The van der Waals surface area contributed by atoms with Crippen LogP contribution in [0.25, 0.3) is 0 Å². The highest BCUT2D eigenvalue weighted by Gasteiger charge is 2.30. The Morgan fingerprint density at radius 3 is 2.67 bits per heavy atom. The molecule has 2 rings (SSSR count). The number of carbonyl (C=O) groups is 2. The topological polar surface area (TPSA) is 88.4 Å². The van der Waals surface area contributed by atoms with Gasteiger partial charge in [0.1, 0.15) is 0 Å². The predicted molar refractivity (Wildman–Crippen MR) is 77.1 cm³/mol. The van der Waals surface area contributed by atoms with Crippen molar-refractivity contribution in [3.63, 3.8) is 0 Å². The van der Waals surface area contributed by atoms with Crippen LogP contribution in [0.2, 0.25) is 0 Å². The van der Waals surface area contributed by atoms with E-state index in [4.69, 9.17) is 0 Å². The summed E-state index contributed by atoms with van der Waals surface area (Å²) in [6.07, 6.45) is 5.53. The molecule has 0 radical (unpaired) electrons. The van der Waals surface area contributed by atoms with Crippen LogP contribution in [0.1, 0.15) is 42.5 Å². The summed E-state index contributed by atoms with van der Waals surface area (Å²) < 4.78 is 1.38. The Morgan fingerprint density at radius 2 is 2.00 bits per heavy atom. The number of nitrogens with one attached hydrogen (secondary N) is 1. The van der Waals surface area contributed by atoms with E-state index in [9.17, 15) is 19.5 Å². The monoisotopic (exact) mass is 292 g/mol. The summed E-state index contributed by atoms with van der Waals surface area (Å²) in [6.45, 7) is 0. The maximum atomic E-state index is 12.2. The normalized spacial score (nSPS) is 22.3. The second kappa shape index (κ2) is 6.56. The molecule has 0 bridgehead atoms. The van der Waals surface area contributed by atoms with Gasteiger partial charge in [0, 0.05) is 30.9 Å². The van der Waals surface area contributed by atoms with Crippen LogP contribution in [0.5, 0.6) is 0 Å². The summed E-state index contributed by atoms with van der Waals surface area (Å²) in [5.74, 6) is -1.81. The number of aryl methyl sites for hydroxylation is 1. The van der Waals surface area contributed by atoms with Crippen LogP contribution in [-0.4, -0.2) is 27.6 Å². The Balaban J connectivity index is 2.13. The Morgan fingerprint density at radius 1 is 1.29 bits per heavy atom. The van der Waals surface area contributed by atoms with Crippen molar-refractivity contribution in [2.45, 2.75) is 38.1 Å². The molecule has 2 unspecified atom stereocenters. The summed E-state index contributed by atoms with van der Waals surface area (Å²) in [7, 11) is 1.61. The Hall–Kier alpha value is -2.11. The van der Waals surface area contributed by atoms with E-state index < -0.39 is 11.9 Å². The smallest absolute Gasteiger partial charge is 0.308 e. The average molecular weight is 292 g/mol. The summed E-state index contributed by atoms with van der Waals surface area (Å²) in [5.41, 5.74) is 0.00443. The SMILES string of the molecule is Cn1ccc(C(=O)NC2CCCCCC2C(=O)O)cc1=O. The first-order valence-electron chi connectivity index (χ1n) is 7.19. The van der Waals surface area contributed by atoms with Gasteiger partial charge in [-0.3, -0.25) is 14.4 Å². The fraction of sp³-hybridized carbons (Fsp3) is 0.533. The van der Waals surface area contributed by atoms with Crippen molar-refractivity contribution in [1.29, 1.82) is 0 Å². The van der Waals surface area contributed by atoms with Crippen molar-refractivity contribution in [3.05, 3.63) is 34.2 Å². The molecular weight excluding hydrogens is 272 g/mol. The van der Waals surface area contributed by atoms with E-state index in [1.54, 1.807) is 13.1 Å². The fourth-order valence-corrected chi connectivity index (χ4v) is 2.72. The minimum atomic E-state index is -0.869. The zero-order chi connectivity index (χ0) is 15.4. The first-order valence-corrected chi connectivity index (χ1v) is 7.19. The first-order chi connectivity index (χ1) is 9.99. The summed E-state index contributed by atoms with van der Waals surface area (Å²) in [4.78, 5) is 35.1. The van der Waals surface area contributed by atoms with E-state index in [2.05, 4.69) is 5.32 Å². The minimum absolute atomic E-state index is 0.265. The molecule has 1 fully saturated rings. The van der Waals surface area contributed by atoms with E-state index in [0.29, 0.717) is 12.8 Å². The lowest BCUT2D eigenvalue weighted by molar-refractivity contribution is -0.142. The van der Waals surface area contributed by atoms with Crippen LogP contribution >= 0.6 is 0 Å². The number of carboxylic acid groups (broad SMARTS) is 1. The number of pyridine rings is 1. The van der Waals surface area contributed by atoms with E-state index >= 15 is 0 Å². The number of hydrogen-bond donors (Lipinski definition) is 2. The van der Waals surface area contributed by atoms with Gasteiger partial charge in [0.15, 0.2) is 0 Å². The molecule has 1 aromatic heterocycles. The van der Waals surface area contributed by atoms with Crippen molar-refractivity contribution >= 4 is 11.9 Å². The second-order valence-corrected chi connectivity index (χ2v) is 5.53. The molecule has 1 aliphatic rings. The van der Waals surface area contributed by atoms with E-state index in [1.807, 2.05) is 0 Å². The van der Waals surface area contributed by atoms with Crippen molar-refractivity contribution in [3.8, 4) is 0 Å². The molecule has 6 heteroatoms.